The van der Waals surface area contributed by atoms with Crippen molar-refractivity contribution in [2.24, 2.45) is 5.41 Å². The SMILES string of the molecule is O=C1NCC(O)CC12CN(c1ccc3ncccc3c1[N+](=O)[O-])C2. The number of nitrogens with one attached hydrogen (secondary N) is 1. The van der Waals surface area contributed by atoms with E-state index in [1.54, 1.807) is 30.5 Å². The van der Waals surface area contributed by atoms with Crippen LogP contribution in [0.4, 0.5) is 11.4 Å². The van der Waals surface area contributed by atoms with Gasteiger partial charge in [-0.25, -0.2) is 0 Å². The summed E-state index contributed by atoms with van der Waals surface area (Å²) >= 11 is 0. The van der Waals surface area contributed by atoms with Crippen molar-refractivity contribution in [3.05, 3.63) is 40.6 Å². The zero-order valence-corrected chi connectivity index (χ0v) is 12.8. The van der Waals surface area contributed by atoms with Crippen LogP contribution in [0.15, 0.2) is 30.5 Å². The number of fused-ring (bicyclic) bond motifs is 1. The van der Waals surface area contributed by atoms with Crippen LogP contribution in [-0.4, -0.2) is 46.7 Å². The molecular formula is C16H16N4O4. The lowest BCUT2D eigenvalue weighted by Crippen LogP contribution is -2.67. The number of nitrogens with zero attached hydrogens (tertiary/aromatic N) is 3. The Hall–Kier alpha value is -2.74. The third kappa shape index (κ3) is 2.10. The van der Waals surface area contributed by atoms with E-state index < -0.39 is 16.4 Å². The first kappa shape index (κ1) is 14.8. The molecule has 8 heteroatoms. The van der Waals surface area contributed by atoms with Gasteiger partial charge in [0.1, 0.15) is 5.69 Å². The van der Waals surface area contributed by atoms with Crippen LogP contribution >= 0.6 is 0 Å². The number of rotatable bonds is 2. The summed E-state index contributed by atoms with van der Waals surface area (Å²) in [5, 5.41) is 24.6. The molecule has 2 N–H and O–H groups in total. The first-order chi connectivity index (χ1) is 11.5. The van der Waals surface area contributed by atoms with E-state index in [0.29, 0.717) is 36.1 Å². The minimum atomic E-state index is -0.657. The number of nitro groups is 1. The average Bonchev–Trinajstić information content (AvgIpc) is 2.53. The Kier molecular flexibility index (Phi) is 3.17. The molecule has 1 aromatic carbocycles. The molecule has 2 saturated heterocycles. The topological polar surface area (TPSA) is 109 Å². The van der Waals surface area contributed by atoms with Crippen LogP contribution < -0.4 is 10.2 Å². The van der Waals surface area contributed by atoms with Crippen LogP contribution in [0, 0.1) is 15.5 Å². The lowest BCUT2D eigenvalue weighted by molar-refractivity contribution is -0.382. The summed E-state index contributed by atoms with van der Waals surface area (Å²) < 4.78 is 0. The molecule has 1 amide bonds. The second-order valence-electron chi connectivity index (χ2n) is 6.46. The molecule has 2 aromatic rings. The zero-order valence-electron chi connectivity index (χ0n) is 12.8. The maximum absolute atomic E-state index is 12.2. The highest BCUT2D eigenvalue weighted by Crippen LogP contribution is 2.44. The highest BCUT2D eigenvalue weighted by molar-refractivity contribution is 5.96. The van der Waals surface area contributed by atoms with Gasteiger partial charge in [0.05, 0.1) is 27.3 Å². The van der Waals surface area contributed by atoms with E-state index in [2.05, 4.69) is 10.3 Å². The molecule has 0 bridgehead atoms. The molecule has 3 heterocycles. The Morgan fingerprint density at radius 1 is 1.38 bits per heavy atom. The van der Waals surface area contributed by atoms with Crippen molar-refractivity contribution in [2.75, 3.05) is 24.5 Å². The molecule has 1 aromatic heterocycles. The Balaban J connectivity index is 1.70. The number of carbonyl (C=O) groups excluding carboxylic acids is 1. The molecule has 2 aliphatic rings. The number of β-amino-alcohol motifs (C(OH)–C–C–N with tert-alkyl or cyclic N) is 1. The predicted octanol–water partition coefficient (Wildman–Crippen LogP) is 0.830. The molecule has 1 atom stereocenters. The molecule has 1 unspecified atom stereocenters. The Morgan fingerprint density at radius 3 is 2.92 bits per heavy atom. The standard InChI is InChI=1S/C16H16N4O4/c21-10-6-16(15(22)18-7-10)8-19(9-16)13-4-3-12-11(2-1-5-17-12)14(13)20(23)24/h1-5,10,21H,6-9H2,(H,18,22). The second kappa shape index (κ2) is 5.13. The number of aliphatic hydroxyl groups excluding tert-OH is 1. The Bertz CT molecular complexity index is 847. The molecule has 0 radical (unpaired) electrons. The molecule has 24 heavy (non-hydrogen) atoms. The number of nitro benzene ring substituents is 1. The summed E-state index contributed by atoms with van der Waals surface area (Å²) in [7, 11) is 0. The maximum atomic E-state index is 12.2. The van der Waals surface area contributed by atoms with Crippen LogP contribution in [0.1, 0.15) is 6.42 Å². The Morgan fingerprint density at radius 2 is 2.17 bits per heavy atom. The van der Waals surface area contributed by atoms with Gasteiger partial charge in [-0.05, 0) is 30.7 Å². The molecule has 1 spiro atoms. The number of pyridine rings is 1. The molecule has 124 valence electrons. The smallest absolute Gasteiger partial charge is 0.301 e. The van der Waals surface area contributed by atoms with Gasteiger partial charge in [-0.3, -0.25) is 19.9 Å². The number of carbonyl (C=O) groups is 1. The molecule has 4 rings (SSSR count). The van der Waals surface area contributed by atoms with Gasteiger partial charge >= 0.3 is 5.69 Å². The van der Waals surface area contributed by atoms with Crippen LogP contribution in [0.2, 0.25) is 0 Å². The fourth-order valence-corrected chi connectivity index (χ4v) is 3.71. The number of hydrogen-bond acceptors (Lipinski definition) is 6. The summed E-state index contributed by atoms with van der Waals surface area (Å²) in [5.41, 5.74) is 0.398. The fraction of sp³-hybridized carbons (Fsp3) is 0.375. The molecule has 2 fully saturated rings. The second-order valence-corrected chi connectivity index (χ2v) is 6.46. The van der Waals surface area contributed by atoms with E-state index in [1.807, 2.05) is 4.90 Å². The number of piperidine rings is 1. The molecule has 2 aliphatic heterocycles. The van der Waals surface area contributed by atoms with Crippen molar-refractivity contribution in [2.45, 2.75) is 12.5 Å². The third-order valence-corrected chi connectivity index (χ3v) is 4.85. The van der Waals surface area contributed by atoms with E-state index in [0.717, 1.165) is 0 Å². The van der Waals surface area contributed by atoms with Gasteiger partial charge in [-0.2, -0.15) is 0 Å². The summed E-state index contributed by atoms with van der Waals surface area (Å²) in [6.07, 6.45) is 1.41. The third-order valence-electron chi connectivity index (χ3n) is 4.85. The largest absolute Gasteiger partial charge is 0.391 e. The first-order valence-electron chi connectivity index (χ1n) is 7.74. The summed E-state index contributed by atoms with van der Waals surface area (Å²) in [6, 6.07) is 6.77. The predicted molar refractivity (Wildman–Crippen MR) is 86.7 cm³/mol. The van der Waals surface area contributed by atoms with Gasteiger partial charge in [0, 0.05) is 25.8 Å². The van der Waals surface area contributed by atoms with Gasteiger partial charge in [0.25, 0.3) is 0 Å². The highest BCUT2D eigenvalue weighted by Gasteiger charge is 2.53. The van der Waals surface area contributed by atoms with Crippen molar-refractivity contribution in [3.8, 4) is 0 Å². The van der Waals surface area contributed by atoms with E-state index in [4.69, 9.17) is 0 Å². The van der Waals surface area contributed by atoms with Gasteiger partial charge in [-0.1, -0.05) is 0 Å². The van der Waals surface area contributed by atoms with Crippen molar-refractivity contribution in [1.82, 2.24) is 10.3 Å². The van der Waals surface area contributed by atoms with Gasteiger partial charge in [0.15, 0.2) is 0 Å². The number of benzene rings is 1. The van der Waals surface area contributed by atoms with E-state index in [1.165, 1.54) is 0 Å². The van der Waals surface area contributed by atoms with Crippen molar-refractivity contribution in [1.29, 1.82) is 0 Å². The number of aliphatic hydroxyl groups is 1. The molecule has 0 saturated carbocycles. The first-order valence-corrected chi connectivity index (χ1v) is 7.74. The molecular weight excluding hydrogens is 312 g/mol. The molecule has 0 aliphatic carbocycles. The summed E-state index contributed by atoms with van der Waals surface area (Å²) in [6.45, 7) is 0.993. The lowest BCUT2D eigenvalue weighted by atomic mass is 9.72. The lowest BCUT2D eigenvalue weighted by Gasteiger charge is -2.52. The molecule has 8 nitrogen and oxygen atoms in total. The monoisotopic (exact) mass is 328 g/mol. The van der Waals surface area contributed by atoms with Crippen molar-refractivity contribution >= 4 is 28.2 Å². The van der Waals surface area contributed by atoms with Crippen LogP contribution in [-0.2, 0) is 4.79 Å². The van der Waals surface area contributed by atoms with Gasteiger partial charge in [-0.15, -0.1) is 0 Å². The highest BCUT2D eigenvalue weighted by atomic mass is 16.6. The number of hydrogen-bond donors (Lipinski definition) is 2. The number of aromatic nitrogens is 1. The van der Waals surface area contributed by atoms with Crippen LogP contribution in [0.25, 0.3) is 10.9 Å². The van der Waals surface area contributed by atoms with Crippen molar-refractivity contribution < 1.29 is 14.8 Å². The fourth-order valence-electron chi connectivity index (χ4n) is 3.71. The van der Waals surface area contributed by atoms with Crippen LogP contribution in [0.5, 0.6) is 0 Å². The van der Waals surface area contributed by atoms with Gasteiger partial charge < -0.3 is 15.3 Å². The quantitative estimate of drug-likeness (QED) is 0.624. The van der Waals surface area contributed by atoms with E-state index >= 15 is 0 Å². The minimum absolute atomic E-state index is 0.00668. The summed E-state index contributed by atoms with van der Waals surface area (Å²) in [5.74, 6) is -0.0887. The Labute approximate surface area is 137 Å². The van der Waals surface area contributed by atoms with Crippen LogP contribution in [0.3, 0.4) is 0 Å². The minimum Gasteiger partial charge on any atom is -0.391 e. The average molecular weight is 328 g/mol. The zero-order chi connectivity index (χ0) is 16.9. The normalized spacial score (nSPS) is 22.3. The van der Waals surface area contributed by atoms with Gasteiger partial charge in [0.2, 0.25) is 5.91 Å². The van der Waals surface area contributed by atoms with Crippen molar-refractivity contribution in [3.63, 3.8) is 0 Å². The maximum Gasteiger partial charge on any atom is 0.301 e. The summed E-state index contributed by atoms with van der Waals surface area (Å²) in [4.78, 5) is 29.3. The number of amides is 1. The van der Waals surface area contributed by atoms with E-state index in [-0.39, 0.29) is 18.1 Å². The van der Waals surface area contributed by atoms with E-state index in [9.17, 15) is 20.0 Å². The number of anilines is 1.